The number of carbonyl (C=O) groups excluding carboxylic acids is 5. The lowest BCUT2D eigenvalue weighted by molar-refractivity contribution is -0.205. The molecule has 10 nitrogen and oxygen atoms in total. The van der Waals surface area contributed by atoms with Crippen molar-refractivity contribution in [2.24, 2.45) is 0 Å². The Morgan fingerprint density at radius 1 is 0.926 bits per heavy atom. The maximum atomic E-state index is 12.3. The fourth-order valence-electron chi connectivity index (χ4n) is 1.90. The minimum absolute atomic E-state index is 0.101. The molecule has 1 atom stereocenters. The van der Waals surface area contributed by atoms with Crippen molar-refractivity contribution in [1.29, 1.82) is 0 Å². The summed E-state index contributed by atoms with van der Waals surface area (Å²) in [5, 5.41) is 0.295. The van der Waals surface area contributed by atoms with Gasteiger partial charge in [0.25, 0.3) is 11.8 Å². The molecule has 0 radical (unpaired) electrons. The first kappa shape index (κ1) is 22.4. The van der Waals surface area contributed by atoms with Crippen LogP contribution in [0.4, 0.5) is 4.79 Å². The van der Waals surface area contributed by atoms with E-state index in [1.807, 2.05) is 0 Å². The zero-order chi connectivity index (χ0) is 21.0. The van der Waals surface area contributed by atoms with Gasteiger partial charge in [0.05, 0.1) is 6.42 Å². The molecule has 0 spiro atoms. The smallest absolute Gasteiger partial charge is 0.460 e. The van der Waals surface area contributed by atoms with Crippen molar-refractivity contribution < 1.29 is 43.0 Å². The number of nitrogens with zero attached hydrogens (tertiary/aromatic N) is 1. The van der Waals surface area contributed by atoms with E-state index in [1.54, 1.807) is 41.5 Å². The topological polar surface area (TPSA) is 126 Å². The van der Waals surface area contributed by atoms with Crippen LogP contribution in [0.3, 0.4) is 0 Å². The normalized spacial score (nSPS) is 16.0. The van der Waals surface area contributed by atoms with Crippen molar-refractivity contribution >= 4 is 29.9 Å². The lowest BCUT2D eigenvalue weighted by atomic mass is 10.2. The Morgan fingerprint density at radius 2 is 1.41 bits per heavy atom. The molecule has 27 heavy (non-hydrogen) atoms. The molecule has 0 aliphatic carbocycles. The van der Waals surface area contributed by atoms with Crippen LogP contribution in [0.25, 0.3) is 0 Å². The fraction of sp³-hybridized carbons (Fsp3) is 0.706. The van der Waals surface area contributed by atoms with Crippen LogP contribution < -0.4 is 0 Å². The molecular formula is C17H25NO9. The highest BCUT2D eigenvalue weighted by Gasteiger charge is 2.38. The van der Waals surface area contributed by atoms with Gasteiger partial charge in [0.2, 0.25) is 6.10 Å². The molecule has 2 amide bonds. The highest BCUT2D eigenvalue weighted by molar-refractivity contribution is 6.01. The van der Waals surface area contributed by atoms with E-state index in [0.717, 1.165) is 0 Å². The van der Waals surface area contributed by atoms with Gasteiger partial charge in [0.1, 0.15) is 11.2 Å². The van der Waals surface area contributed by atoms with Crippen LogP contribution in [0.5, 0.6) is 0 Å². The summed E-state index contributed by atoms with van der Waals surface area (Å²) >= 11 is 0. The van der Waals surface area contributed by atoms with Crippen LogP contribution in [0.15, 0.2) is 0 Å². The average Bonchev–Trinajstić information content (AvgIpc) is 2.74. The van der Waals surface area contributed by atoms with Gasteiger partial charge in [0, 0.05) is 12.8 Å². The minimum Gasteiger partial charge on any atom is -0.460 e. The van der Waals surface area contributed by atoms with Crippen LogP contribution in [0.1, 0.15) is 60.8 Å². The van der Waals surface area contributed by atoms with Gasteiger partial charge in [-0.2, -0.15) is 0 Å². The third kappa shape index (κ3) is 8.06. The summed E-state index contributed by atoms with van der Waals surface area (Å²) < 4.78 is 14.9. The molecular weight excluding hydrogens is 362 g/mol. The number of amides is 2. The van der Waals surface area contributed by atoms with Crippen molar-refractivity contribution in [2.75, 3.05) is 0 Å². The van der Waals surface area contributed by atoms with E-state index in [0.29, 0.717) is 5.06 Å². The molecule has 152 valence electrons. The molecule has 1 rings (SSSR count). The molecule has 0 aromatic heterocycles. The van der Waals surface area contributed by atoms with Gasteiger partial charge in [0.15, 0.2) is 0 Å². The summed E-state index contributed by atoms with van der Waals surface area (Å²) in [5.74, 6) is -3.52. The first-order valence-electron chi connectivity index (χ1n) is 8.37. The summed E-state index contributed by atoms with van der Waals surface area (Å²) in [6.45, 7) is 9.60. The molecule has 0 saturated carbocycles. The van der Waals surface area contributed by atoms with E-state index in [1.165, 1.54) is 0 Å². The van der Waals surface area contributed by atoms with Gasteiger partial charge in [-0.25, -0.2) is 9.59 Å². The zero-order valence-electron chi connectivity index (χ0n) is 16.3. The fourth-order valence-corrected chi connectivity index (χ4v) is 1.90. The third-order valence-electron chi connectivity index (χ3n) is 2.85. The Kier molecular flexibility index (Phi) is 6.93. The number of imide groups is 1. The Balaban J connectivity index is 2.86. The monoisotopic (exact) mass is 387 g/mol. The zero-order valence-corrected chi connectivity index (χ0v) is 16.3. The van der Waals surface area contributed by atoms with Gasteiger partial charge < -0.3 is 19.0 Å². The summed E-state index contributed by atoms with van der Waals surface area (Å²) in [6, 6.07) is 0. The number of rotatable bonds is 5. The lowest BCUT2D eigenvalue weighted by Gasteiger charge is -2.24. The van der Waals surface area contributed by atoms with Crippen molar-refractivity contribution in [3.8, 4) is 0 Å². The van der Waals surface area contributed by atoms with Gasteiger partial charge in [-0.05, 0) is 41.5 Å². The number of hydrogen-bond acceptors (Lipinski definition) is 9. The second kappa shape index (κ2) is 8.36. The molecule has 0 aromatic rings. The molecule has 1 aliphatic heterocycles. The molecule has 1 unspecified atom stereocenters. The van der Waals surface area contributed by atoms with Crippen LogP contribution >= 0.6 is 0 Å². The predicted octanol–water partition coefficient (Wildman–Crippen LogP) is 1.65. The van der Waals surface area contributed by atoms with Crippen LogP contribution in [0.2, 0.25) is 0 Å². The highest BCUT2D eigenvalue weighted by Crippen LogP contribution is 2.17. The third-order valence-corrected chi connectivity index (χ3v) is 2.85. The summed E-state index contributed by atoms with van der Waals surface area (Å²) in [7, 11) is 0. The predicted molar refractivity (Wildman–Crippen MR) is 88.7 cm³/mol. The molecule has 10 heteroatoms. The van der Waals surface area contributed by atoms with Gasteiger partial charge in [-0.1, -0.05) is 0 Å². The van der Waals surface area contributed by atoms with Crippen molar-refractivity contribution in [3.05, 3.63) is 0 Å². The first-order valence-corrected chi connectivity index (χ1v) is 8.37. The second-order valence-corrected chi connectivity index (χ2v) is 7.85. The number of carbonyl (C=O) groups is 5. The van der Waals surface area contributed by atoms with Gasteiger partial charge in [-0.3, -0.25) is 14.4 Å². The number of ether oxygens (including phenoxy) is 3. The Morgan fingerprint density at radius 3 is 1.85 bits per heavy atom. The van der Waals surface area contributed by atoms with E-state index >= 15 is 0 Å². The highest BCUT2D eigenvalue weighted by atomic mass is 16.8. The molecule has 1 aliphatic rings. The number of esters is 1. The van der Waals surface area contributed by atoms with Crippen LogP contribution in [-0.4, -0.2) is 52.3 Å². The Bertz CT molecular complexity index is 581. The van der Waals surface area contributed by atoms with E-state index in [4.69, 9.17) is 19.0 Å². The molecule has 0 bridgehead atoms. The maximum Gasteiger partial charge on any atom is 0.509 e. The molecule has 0 aromatic carbocycles. The van der Waals surface area contributed by atoms with Crippen LogP contribution in [0, 0.1) is 0 Å². The number of hydroxylamine groups is 2. The maximum absolute atomic E-state index is 12.3. The van der Waals surface area contributed by atoms with Gasteiger partial charge >= 0.3 is 18.1 Å². The van der Waals surface area contributed by atoms with Gasteiger partial charge in [-0.15, -0.1) is 5.06 Å². The van der Waals surface area contributed by atoms with E-state index in [-0.39, 0.29) is 12.8 Å². The number of hydrogen-bond donors (Lipinski definition) is 0. The minimum atomic E-state index is -1.75. The summed E-state index contributed by atoms with van der Waals surface area (Å²) in [6.07, 6.45) is -3.85. The molecule has 1 fully saturated rings. The van der Waals surface area contributed by atoms with E-state index < -0.39 is 53.6 Å². The lowest BCUT2D eigenvalue weighted by Crippen LogP contribution is -2.40. The second-order valence-electron chi connectivity index (χ2n) is 7.85. The Hall–Kier alpha value is -2.65. The van der Waals surface area contributed by atoms with Crippen molar-refractivity contribution in [2.45, 2.75) is 78.1 Å². The largest absolute Gasteiger partial charge is 0.509 e. The quantitative estimate of drug-likeness (QED) is 0.511. The molecule has 1 heterocycles. The summed E-state index contributed by atoms with van der Waals surface area (Å²) in [5.41, 5.74) is -1.74. The summed E-state index contributed by atoms with van der Waals surface area (Å²) in [4.78, 5) is 64.0. The standard InChI is InChI=1S/C17H25NO9/c1-16(2,3)25-13(21)9-10(24-15(23)26-17(4,5)6)14(22)27-18-11(19)7-8-12(18)20/h10H,7-9H2,1-6H3. The SMILES string of the molecule is CC(C)(C)OC(=O)CC(OC(=O)OC(C)(C)C)C(=O)ON1C(=O)CCC1=O. The van der Waals surface area contributed by atoms with Crippen molar-refractivity contribution in [1.82, 2.24) is 5.06 Å². The first-order chi connectivity index (χ1) is 12.2. The van der Waals surface area contributed by atoms with E-state index in [2.05, 4.69) is 0 Å². The average molecular weight is 387 g/mol. The molecule has 0 N–H and O–H groups in total. The van der Waals surface area contributed by atoms with Crippen LogP contribution in [-0.2, 0) is 38.2 Å². The Labute approximate surface area is 157 Å². The van der Waals surface area contributed by atoms with E-state index in [9.17, 15) is 24.0 Å². The van der Waals surface area contributed by atoms with Crippen molar-refractivity contribution in [3.63, 3.8) is 0 Å². The molecule has 1 saturated heterocycles.